The summed E-state index contributed by atoms with van der Waals surface area (Å²) < 4.78 is 14.4. The van der Waals surface area contributed by atoms with Crippen molar-refractivity contribution in [3.63, 3.8) is 0 Å². The Bertz CT molecular complexity index is 828. The van der Waals surface area contributed by atoms with E-state index in [0.717, 1.165) is 37.2 Å². The summed E-state index contributed by atoms with van der Waals surface area (Å²) >= 11 is 0. The zero-order chi connectivity index (χ0) is 18.6. The van der Waals surface area contributed by atoms with E-state index in [9.17, 15) is 4.39 Å². The molecular formula is C25H26FN. The summed E-state index contributed by atoms with van der Waals surface area (Å²) in [5, 5.41) is 0. The normalized spacial score (nSPS) is 15.3. The molecule has 1 aliphatic heterocycles. The Morgan fingerprint density at radius 2 is 1.37 bits per heavy atom. The van der Waals surface area contributed by atoms with Crippen molar-refractivity contribution in [3.8, 4) is 0 Å². The van der Waals surface area contributed by atoms with Gasteiger partial charge in [-0.15, -0.1) is 0 Å². The van der Waals surface area contributed by atoms with E-state index in [1.54, 1.807) is 6.07 Å². The fourth-order valence-corrected chi connectivity index (χ4v) is 4.40. The number of halogens is 1. The molecular weight excluding hydrogens is 333 g/mol. The number of rotatable bonds is 4. The van der Waals surface area contributed by atoms with Crippen molar-refractivity contribution < 1.29 is 4.39 Å². The van der Waals surface area contributed by atoms with Crippen molar-refractivity contribution in [3.05, 3.63) is 101 Å². The van der Waals surface area contributed by atoms with Crippen LogP contribution in [-0.2, 0) is 0 Å². The molecule has 1 nitrogen and oxygen atoms in total. The first-order valence-electron chi connectivity index (χ1n) is 9.83. The lowest BCUT2D eigenvalue weighted by Gasteiger charge is -2.38. The van der Waals surface area contributed by atoms with Crippen LogP contribution in [0.15, 0.2) is 78.9 Å². The van der Waals surface area contributed by atoms with E-state index >= 15 is 0 Å². The molecule has 0 aromatic heterocycles. The Labute approximate surface area is 161 Å². The molecule has 138 valence electrons. The van der Waals surface area contributed by atoms with E-state index in [2.05, 4.69) is 65.6 Å². The number of anilines is 1. The SMILES string of the molecule is Cc1ccc(N2CCC(C(c3ccccc3)c3ccccc3)CC2)c(F)c1. The van der Waals surface area contributed by atoms with Crippen LogP contribution in [0, 0.1) is 18.7 Å². The minimum atomic E-state index is -0.101. The second kappa shape index (κ2) is 7.96. The summed E-state index contributed by atoms with van der Waals surface area (Å²) in [6, 6.07) is 27.2. The third kappa shape index (κ3) is 3.90. The topological polar surface area (TPSA) is 3.24 Å². The molecule has 0 amide bonds. The summed E-state index contributed by atoms with van der Waals surface area (Å²) in [6.07, 6.45) is 2.14. The summed E-state index contributed by atoms with van der Waals surface area (Å²) in [5.74, 6) is 0.869. The van der Waals surface area contributed by atoms with Crippen LogP contribution < -0.4 is 4.90 Å². The van der Waals surface area contributed by atoms with Crippen LogP contribution in [0.4, 0.5) is 10.1 Å². The highest BCUT2D eigenvalue weighted by Crippen LogP contribution is 2.39. The molecule has 27 heavy (non-hydrogen) atoms. The Balaban J connectivity index is 1.55. The third-order valence-corrected chi connectivity index (χ3v) is 5.77. The molecule has 4 rings (SSSR count). The van der Waals surface area contributed by atoms with E-state index in [1.165, 1.54) is 11.1 Å². The van der Waals surface area contributed by atoms with Crippen LogP contribution >= 0.6 is 0 Å². The average Bonchev–Trinajstić information content (AvgIpc) is 2.71. The smallest absolute Gasteiger partial charge is 0.146 e. The van der Waals surface area contributed by atoms with Gasteiger partial charge >= 0.3 is 0 Å². The predicted molar refractivity (Wildman–Crippen MR) is 111 cm³/mol. The molecule has 0 radical (unpaired) electrons. The minimum Gasteiger partial charge on any atom is -0.369 e. The first-order valence-corrected chi connectivity index (χ1v) is 9.83. The largest absolute Gasteiger partial charge is 0.369 e. The molecule has 1 saturated heterocycles. The molecule has 1 heterocycles. The zero-order valence-electron chi connectivity index (χ0n) is 15.8. The lowest BCUT2D eigenvalue weighted by atomic mass is 9.76. The van der Waals surface area contributed by atoms with Gasteiger partial charge in [0.25, 0.3) is 0 Å². The van der Waals surface area contributed by atoms with Crippen LogP contribution in [0.2, 0.25) is 0 Å². The molecule has 1 aliphatic rings. The van der Waals surface area contributed by atoms with Crippen LogP contribution in [0.1, 0.15) is 35.4 Å². The van der Waals surface area contributed by atoms with Crippen LogP contribution in [-0.4, -0.2) is 13.1 Å². The van der Waals surface area contributed by atoms with E-state index in [-0.39, 0.29) is 5.82 Å². The highest BCUT2D eigenvalue weighted by molar-refractivity contribution is 5.49. The van der Waals surface area contributed by atoms with Gasteiger partial charge in [0.05, 0.1) is 5.69 Å². The number of nitrogens with zero attached hydrogens (tertiary/aromatic N) is 1. The molecule has 3 aromatic rings. The molecule has 0 spiro atoms. The van der Waals surface area contributed by atoms with Gasteiger partial charge in [-0.2, -0.15) is 0 Å². The van der Waals surface area contributed by atoms with Crippen LogP contribution in [0.25, 0.3) is 0 Å². The Morgan fingerprint density at radius 3 is 1.89 bits per heavy atom. The minimum absolute atomic E-state index is 0.101. The highest BCUT2D eigenvalue weighted by atomic mass is 19.1. The molecule has 0 bridgehead atoms. The molecule has 0 N–H and O–H groups in total. The molecule has 0 aliphatic carbocycles. The van der Waals surface area contributed by atoms with Crippen molar-refractivity contribution in [1.82, 2.24) is 0 Å². The standard InChI is InChI=1S/C25H26FN/c1-19-12-13-24(23(26)18-19)27-16-14-22(15-17-27)25(20-8-4-2-5-9-20)21-10-6-3-7-11-21/h2-13,18,22,25H,14-17H2,1H3. The summed E-state index contributed by atoms with van der Waals surface area (Å²) in [7, 11) is 0. The molecule has 0 saturated carbocycles. The van der Waals surface area contributed by atoms with Crippen molar-refractivity contribution in [2.45, 2.75) is 25.7 Å². The van der Waals surface area contributed by atoms with E-state index in [0.29, 0.717) is 11.8 Å². The molecule has 0 unspecified atom stereocenters. The van der Waals surface area contributed by atoms with E-state index in [4.69, 9.17) is 0 Å². The fourth-order valence-electron chi connectivity index (χ4n) is 4.40. The van der Waals surface area contributed by atoms with Crippen molar-refractivity contribution >= 4 is 5.69 Å². The van der Waals surface area contributed by atoms with Gasteiger partial charge < -0.3 is 4.90 Å². The highest BCUT2D eigenvalue weighted by Gasteiger charge is 2.29. The van der Waals surface area contributed by atoms with Gasteiger partial charge in [0.1, 0.15) is 5.82 Å². The maximum atomic E-state index is 14.4. The molecule has 0 atom stereocenters. The summed E-state index contributed by atoms with van der Waals surface area (Å²) in [5.41, 5.74) is 4.47. The molecule has 2 heteroatoms. The summed E-state index contributed by atoms with van der Waals surface area (Å²) in [4.78, 5) is 2.21. The summed E-state index contributed by atoms with van der Waals surface area (Å²) in [6.45, 7) is 3.74. The Kier molecular flexibility index (Phi) is 5.24. The van der Waals surface area contributed by atoms with Crippen LogP contribution in [0.3, 0.4) is 0 Å². The lowest BCUT2D eigenvalue weighted by Crippen LogP contribution is -2.36. The van der Waals surface area contributed by atoms with Gasteiger partial charge in [-0.3, -0.25) is 0 Å². The number of aryl methyl sites for hydroxylation is 1. The number of hydrogen-bond acceptors (Lipinski definition) is 1. The maximum Gasteiger partial charge on any atom is 0.146 e. The number of hydrogen-bond donors (Lipinski definition) is 0. The van der Waals surface area contributed by atoms with Gasteiger partial charge in [0.15, 0.2) is 0 Å². The fraction of sp³-hybridized carbons (Fsp3) is 0.280. The van der Waals surface area contributed by atoms with E-state index < -0.39 is 0 Å². The zero-order valence-corrected chi connectivity index (χ0v) is 15.8. The van der Waals surface area contributed by atoms with Crippen molar-refractivity contribution in [2.24, 2.45) is 5.92 Å². The first kappa shape index (κ1) is 17.8. The first-order chi connectivity index (χ1) is 13.2. The molecule has 3 aromatic carbocycles. The Morgan fingerprint density at radius 1 is 0.815 bits per heavy atom. The monoisotopic (exact) mass is 359 g/mol. The number of piperidine rings is 1. The Hall–Kier alpha value is -2.61. The predicted octanol–water partition coefficient (Wildman–Crippen LogP) is 6.18. The third-order valence-electron chi connectivity index (χ3n) is 5.77. The van der Waals surface area contributed by atoms with Gasteiger partial charge in [0, 0.05) is 19.0 Å². The van der Waals surface area contributed by atoms with Crippen LogP contribution in [0.5, 0.6) is 0 Å². The maximum absolute atomic E-state index is 14.4. The van der Waals surface area contributed by atoms with Gasteiger partial charge in [-0.05, 0) is 54.5 Å². The average molecular weight is 359 g/mol. The molecule has 1 fully saturated rings. The second-order valence-electron chi connectivity index (χ2n) is 7.58. The van der Waals surface area contributed by atoms with Gasteiger partial charge in [-0.1, -0.05) is 66.7 Å². The van der Waals surface area contributed by atoms with Gasteiger partial charge in [-0.25, -0.2) is 4.39 Å². The van der Waals surface area contributed by atoms with Crippen molar-refractivity contribution in [2.75, 3.05) is 18.0 Å². The van der Waals surface area contributed by atoms with E-state index in [1.807, 2.05) is 19.1 Å². The second-order valence-corrected chi connectivity index (χ2v) is 7.58. The van der Waals surface area contributed by atoms with Gasteiger partial charge in [0.2, 0.25) is 0 Å². The quantitative estimate of drug-likeness (QED) is 0.537. The number of benzene rings is 3. The van der Waals surface area contributed by atoms with Crippen molar-refractivity contribution in [1.29, 1.82) is 0 Å². The lowest BCUT2D eigenvalue weighted by molar-refractivity contribution is 0.366.